The molecular weight excluding hydrogens is 308 g/mol. The van der Waals surface area contributed by atoms with Crippen LogP contribution in [0.2, 0.25) is 0 Å². The molecule has 2 aromatic carbocycles. The number of carboxylic acid groups (broad SMARTS) is 1. The van der Waals surface area contributed by atoms with Gasteiger partial charge in [0.2, 0.25) is 0 Å². The molecule has 4 heteroatoms. The molecule has 2 aromatic rings. The maximum Gasteiger partial charge on any atom is 0.119 e. The van der Waals surface area contributed by atoms with Crippen LogP contribution in [0.5, 0.6) is 5.75 Å². The Balaban J connectivity index is 2.48. The summed E-state index contributed by atoms with van der Waals surface area (Å²) in [5, 5.41) is 20.9. The van der Waals surface area contributed by atoms with Gasteiger partial charge in [-0.15, -0.1) is 0 Å². The van der Waals surface area contributed by atoms with Gasteiger partial charge in [0.25, 0.3) is 0 Å². The van der Waals surface area contributed by atoms with Gasteiger partial charge in [-0.3, -0.25) is 0 Å². The third kappa shape index (κ3) is 3.35. The average Bonchev–Trinajstić information content (AvgIpc) is 2.40. The van der Waals surface area contributed by atoms with Gasteiger partial charge in [-0.1, -0.05) is 46.3 Å². The normalized spacial score (nSPS) is 12.1. The van der Waals surface area contributed by atoms with Crippen LogP contribution in [0.3, 0.4) is 0 Å². The van der Waals surface area contributed by atoms with Crippen molar-refractivity contribution in [2.45, 2.75) is 12.3 Å². The molecule has 0 aliphatic heterocycles. The van der Waals surface area contributed by atoms with E-state index in [0.717, 1.165) is 10.0 Å². The van der Waals surface area contributed by atoms with Crippen LogP contribution in [0.25, 0.3) is 0 Å². The number of benzene rings is 2. The van der Waals surface area contributed by atoms with Crippen molar-refractivity contribution in [2.24, 2.45) is 0 Å². The van der Waals surface area contributed by atoms with Gasteiger partial charge < -0.3 is 15.0 Å². The summed E-state index contributed by atoms with van der Waals surface area (Å²) in [7, 11) is 0. The first-order chi connectivity index (χ1) is 9.08. The minimum Gasteiger partial charge on any atom is -0.550 e. The van der Waals surface area contributed by atoms with Gasteiger partial charge in [0, 0.05) is 21.9 Å². The van der Waals surface area contributed by atoms with E-state index in [1.807, 2.05) is 30.3 Å². The van der Waals surface area contributed by atoms with Crippen LogP contribution in [0, 0.1) is 0 Å². The first kappa shape index (κ1) is 13.6. The topological polar surface area (TPSA) is 60.4 Å². The molecule has 0 saturated heterocycles. The summed E-state index contributed by atoms with van der Waals surface area (Å²) >= 11 is 3.33. The largest absolute Gasteiger partial charge is 0.550 e. The Labute approximate surface area is 119 Å². The van der Waals surface area contributed by atoms with Crippen molar-refractivity contribution < 1.29 is 15.0 Å². The number of phenolic OH excluding ortho intramolecular Hbond substituents is 1. The fourth-order valence-corrected chi connectivity index (χ4v) is 2.44. The molecule has 3 nitrogen and oxygen atoms in total. The first-order valence-corrected chi connectivity index (χ1v) is 6.60. The maximum absolute atomic E-state index is 10.9. The van der Waals surface area contributed by atoms with Crippen molar-refractivity contribution in [3.63, 3.8) is 0 Å². The van der Waals surface area contributed by atoms with Crippen molar-refractivity contribution in [3.05, 3.63) is 64.1 Å². The van der Waals surface area contributed by atoms with Crippen LogP contribution in [0.1, 0.15) is 23.5 Å². The lowest BCUT2D eigenvalue weighted by atomic mass is 9.88. The Hall–Kier alpha value is -1.81. The lowest BCUT2D eigenvalue weighted by molar-refractivity contribution is -0.305. The number of phenols is 1. The number of carbonyl (C=O) groups excluding carboxylic acids is 1. The van der Waals surface area contributed by atoms with Crippen LogP contribution >= 0.6 is 15.9 Å². The van der Waals surface area contributed by atoms with E-state index >= 15 is 0 Å². The summed E-state index contributed by atoms with van der Waals surface area (Å²) in [5.41, 5.74) is 1.41. The van der Waals surface area contributed by atoms with E-state index in [1.54, 1.807) is 18.2 Å². The third-order valence-corrected chi connectivity index (χ3v) is 3.43. The Bertz CT molecular complexity index is 581. The van der Waals surface area contributed by atoms with E-state index in [4.69, 9.17) is 0 Å². The molecule has 0 bridgehead atoms. The van der Waals surface area contributed by atoms with E-state index in [1.165, 1.54) is 0 Å². The van der Waals surface area contributed by atoms with E-state index in [-0.39, 0.29) is 12.2 Å². The van der Waals surface area contributed by atoms with Crippen molar-refractivity contribution in [3.8, 4) is 5.75 Å². The molecule has 19 heavy (non-hydrogen) atoms. The van der Waals surface area contributed by atoms with Crippen molar-refractivity contribution in [1.29, 1.82) is 0 Å². The second-order valence-corrected chi connectivity index (χ2v) is 5.16. The standard InChI is InChI=1S/C15H13BrO3/c16-11-6-7-14(17)13(8-11)12(9-15(18)19)10-4-2-1-3-5-10/h1-8,12,17H,9H2,(H,18,19)/p-1. The van der Waals surface area contributed by atoms with Crippen LogP contribution in [-0.2, 0) is 4.79 Å². The molecule has 0 radical (unpaired) electrons. The lowest BCUT2D eigenvalue weighted by Gasteiger charge is -2.20. The minimum atomic E-state index is -1.15. The number of carboxylic acids is 1. The molecule has 0 aliphatic carbocycles. The minimum absolute atomic E-state index is 0.0818. The van der Waals surface area contributed by atoms with E-state index in [9.17, 15) is 15.0 Å². The molecule has 0 fully saturated rings. The van der Waals surface area contributed by atoms with Crippen LogP contribution in [-0.4, -0.2) is 11.1 Å². The molecule has 0 aliphatic rings. The quantitative estimate of drug-likeness (QED) is 0.941. The smallest absolute Gasteiger partial charge is 0.119 e. The molecule has 0 aromatic heterocycles. The number of halogens is 1. The molecule has 0 amide bonds. The molecule has 1 atom stereocenters. The van der Waals surface area contributed by atoms with Gasteiger partial charge in [-0.25, -0.2) is 0 Å². The van der Waals surface area contributed by atoms with E-state index in [0.29, 0.717) is 5.56 Å². The Kier molecular flexibility index (Phi) is 4.22. The van der Waals surface area contributed by atoms with Gasteiger partial charge in [0.1, 0.15) is 5.75 Å². The summed E-state index contributed by atoms with van der Waals surface area (Å²) in [4.78, 5) is 10.9. The summed E-state index contributed by atoms with van der Waals surface area (Å²) < 4.78 is 0.791. The highest BCUT2D eigenvalue weighted by Gasteiger charge is 2.18. The molecule has 98 valence electrons. The SMILES string of the molecule is O=C([O-])CC(c1ccccc1)c1cc(Br)ccc1O. The predicted octanol–water partition coefficient (Wildman–Crippen LogP) is 2.43. The molecule has 1 N–H and O–H groups in total. The fraction of sp³-hybridized carbons (Fsp3) is 0.133. The molecule has 2 rings (SSSR count). The number of carbonyl (C=O) groups is 1. The van der Waals surface area contributed by atoms with Crippen molar-refractivity contribution in [2.75, 3.05) is 0 Å². The molecule has 1 unspecified atom stereocenters. The van der Waals surface area contributed by atoms with Gasteiger partial charge in [-0.05, 0) is 30.2 Å². The van der Waals surface area contributed by atoms with Gasteiger partial charge in [0.15, 0.2) is 0 Å². The van der Waals surface area contributed by atoms with Crippen molar-refractivity contribution >= 4 is 21.9 Å². The molecular formula is C15H12BrO3-. The number of hydrogen-bond acceptors (Lipinski definition) is 3. The second kappa shape index (κ2) is 5.89. The zero-order valence-corrected chi connectivity index (χ0v) is 11.6. The van der Waals surface area contributed by atoms with Gasteiger partial charge in [0.05, 0.1) is 0 Å². The third-order valence-electron chi connectivity index (χ3n) is 2.94. The van der Waals surface area contributed by atoms with Gasteiger partial charge in [-0.2, -0.15) is 0 Å². The van der Waals surface area contributed by atoms with Crippen LogP contribution < -0.4 is 5.11 Å². The second-order valence-electron chi connectivity index (χ2n) is 4.24. The molecule has 0 heterocycles. The van der Waals surface area contributed by atoms with E-state index < -0.39 is 11.9 Å². The Morgan fingerprint density at radius 1 is 1.21 bits per heavy atom. The van der Waals surface area contributed by atoms with Crippen molar-refractivity contribution in [1.82, 2.24) is 0 Å². The summed E-state index contributed by atoms with van der Waals surface area (Å²) in [5.74, 6) is -1.49. The number of hydrogen-bond donors (Lipinski definition) is 1. The summed E-state index contributed by atoms with van der Waals surface area (Å²) in [6.07, 6.45) is -0.173. The number of rotatable bonds is 4. The first-order valence-electron chi connectivity index (χ1n) is 5.81. The summed E-state index contributed by atoms with van der Waals surface area (Å²) in [6, 6.07) is 14.2. The molecule has 0 saturated carbocycles. The lowest BCUT2D eigenvalue weighted by Crippen LogP contribution is -2.25. The Morgan fingerprint density at radius 3 is 2.53 bits per heavy atom. The zero-order valence-electron chi connectivity index (χ0n) is 10.0. The highest BCUT2D eigenvalue weighted by Crippen LogP contribution is 2.35. The monoisotopic (exact) mass is 319 g/mol. The highest BCUT2D eigenvalue weighted by atomic mass is 79.9. The van der Waals surface area contributed by atoms with Crippen LogP contribution in [0.15, 0.2) is 53.0 Å². The highest BCUT2D eigenvalue weighted by molar-refractivity contribution is 9.10. The zero-order chi connectivity index (χ0) is 13.8. The summed E-state index contributed by atoms with van der Waals surface area (Å²) in [6.45, 7) is 0. The number of aromatic hydroxyl groups is 1. The van der Waals surface area contributed by atoms with E-state index in [2.05, 4.69) is 15.9 Å². The number of aliphatic carboxylic acids is 1. The molecule has 0 spiro atoms. The van der Waals surface area contributed by atoms with Crippen LogP contribution in [0.4, 0.5) is 0 Å². The maximum atomic E-state index is 10.9. The Morgan fingerprint density at radius 2 is 1.89 bits per heavy atom. The predicted molar refractivity (Wildman–Crippen MR) is 73.7 cm³/mol. The average molecular weight is 320 g/mol. The fourth-order valence-electron chi connectivity index (χ4n) is 2.06. The van der Waals surface area contributed by atoms with Gasteiger partial charge >= 0.3 is 0 Å².